The number of fused-ring (bicyclic) bond motifs is 2. The monoisotopic (exact) mass is 775 g/mol. The first kappa shape index (κ1) is 37.1. The molecule has 5 aliphatic heterocycles. The van der Waals surface area contributed by atoms with Crippen LogP contribution in [0.2, 0.25) is 0 Å². The molecule has 0 bridgehead atoms. The lowest BCUT2D eigenvalue weighted by Gasteiger charge is -2.40. The Bertz CT molecular complexity index is 2220. The number of imide groups is 1. The van der Waals surface area contributed by atoms with Gasteiger partial charge in [0.1, 0.15) is 29.2 Å². The van der Waals surface area contributed by atoms with Crippen molar-refractivity contribution < 1.29 is 33.0 Å². The summed E-state index contributed by atoms with van der Waals surface area (Å²) < 4.78 is 35.8. The summed E-state index contributed by atoms with van der Waals surface area (Å²) in [5, 5.41) is 12.5. The van der Waals surface area contributed by atoms with Crippen molar-refractivity contribution in [1.82, 2.24) is 15.1 Å². The number of phenolic OH excluding ortho intramolecular Hbond substituents is 1. The molecule has 12 heteroatoms. The third-order valence-corrected chi connectivity index (χ3v) is 12.8. The smallest absolute Gasteiger partial charge is 0.255 e. The number of hydrogen-bond donors (Lipinski definition) is 2. The minimum atomic E-state index is -0.726. The Kier molecular flexibility index (Phi) is 9.84. The zero-order valence-corrected chi connectivity index (χ0v) is 32.1. The highest BCUT2D eigenvalue weighted by molar-refractivity contribution is 6.05. The first-order valence-corrected chi connectivity index (χ1v) is 20.1. The fourth-order valence-corrected chi connectivity index (χ4v) is 9.62. The number of nitrogens with zero attached hydrogens (tertiary/aromatic N) is 4. The molecule has 0 spiro atoms. The second-order valence-electron chi connectivity index (χ2n) is 16.3. The van der Waals surface area contributed by atoms with Crippen LogP contribution in [0.3, 0.4) is 0 Å². The lowest BCUT2D eigenvalue weighted by molar-refractivity contribution is -0.136. The van der Waals surface area contributed by atoms with Crippen LogP contribution in [0.15, 0.2) is 72.8 Å². The van der Waals surface area contributed by atoms with E-state index in [4.69, 9.17) is 4.74 Å². The summed E-state index contributed by atoms with van der Waals surface area (Å²) in [4.78, 5) is 45.7. The predicted octanol–water partition coefficient (Wildman–Crippen LogP) is 6.09. The number of phenols is 1. The van der Waals surface area contributed by atoms with Crippen LogP contribution >= 0.6 is 0 Å². The van der Waals surface area contributed by atoms with Crippen molar-refractivity contribution in [3.63, 3.8) is 0 Å². The molecule has 296 valence electrons. The fourth-order valence-electron chi connectivity index (χ4n) is 9.62. The van der Waals surface area contributed by atoms with Gasteiger partial charge in [-0.15, -0.1) is 0 Å². The number of hydrogen-bond acceptors (Lipinski definition) is 8. The maximum absolute atomic E-state index is 15.5. The predicted molar refractivity (Wildman–Crippen MR) is 212 cm³/mol. The van der Waals surface area contributed by atoms with E-state index in [2.05, 4.69) is 44.3 Å². The van der Waals surface area contributed by atoms with E-state index in [1.54, 1.807) is 25.1 Å². The molecule has 3 fully saturated rings. The summed E-state index contributed by atoms with van der Waals surface area (Å²) >= 11 is 0. The van der Waals surface area contributed by atoms with E-state index in [1.165, 1.54) is 22.7 Å². The van der Waals surface area contributed by atoms with Gasteiger partial charge in [0.2, 0.25) is 11.8 Å². The van der Waals surface area contributed by atoms with Gasteiger partial charge in [0, 0.05) is 93.5 Å². The van der Waals surface area contributed by atoms with Gasteiger partial charge in [0.15, 0.2) is 0 Å². The number of benzene rings is 4. The molecule has 4 aromatic rings. The largest absolute Gasteiger partial charge is 0.508 e. The number of carbonyl (C=O) groups is 3. The minimum absolute atomic E-state index is 0.0132. The molecule has 57 heavy (non-hydrogen) atoms. The van der Waals surface area contributed by atoms with E-state index >= 15 is 4.39 Å². The Labute approximate surface area is 331 Å². The SMILES string of the molecule is Cc1cc(C2COc3cc(O)ccc3[C@H]2c2ccc(N3CCC(CN4CCN(c5cc6c(cc5F)C(=O)N(C5CCC(=O)NC5=O)C6)CC4)CC3)cc2)ccc1F. The standard InChI is InChI=1S/C45H47F2N5O5/c1-27-20-30(4-9-37(27)46)36-26-57-41-22-33(53)7-8-34(41)43(36)29-2-5-32(6-3-29)50-14-12-28(13-15-50)24-49-16-18-51(19-17-49)40-21-31-25-52(45(56)35(31)23-38(40)47)39-10-11-42(54)48-44(39)55/h2-9,20-23,28,36,39,43,53H,10-19,24-26H2,1H3,(H,48,54,55)/t36?,39?,43-/m1/s1. The molecule has 10 nitrogen and oxygen atoms in total. The van der Waals surface area contributed by atoms with Gasteiger partial charge in [0.25, 0.3) is 5.91 Å². The second kappa shape index (κ2) is 15.1. The van der Waals surface area contributed by atoms with E-state index in [-0.39, 0.29) is 54.6 Å². The third kappa shape index (κ3) is 7.20. The first-order chi connectivity index (χ1) is 27.6. The molecule has 0 saturated carbocycles. The van der Waals surface area contributed by atoms with Gasteiger partial charge in [-0.3, -0.25) is 24.6 Å². The molecule has 9 rings (SSSR count). The van der Waals surface area contributed by atoms with Crippen LogP contribution in [0, 0.1) is 24.5 Å². The van der Waals surface area contributed by atoms with Crippen LogP contribution in [-0.4, -0.2) is 91.1 Å². The molecular weight excluding hydrogens is 729 g/mol. The number of nitrogens with one attached hydrogen (secondary N) is 1. The Hall–Kier alpha value is -5.49. The number of rotatable bonds is 7. The van der Waals surface area contributed by atoms with Crippen LogP contribution in [0.25, 0.3) is 0 Å². The highest BCUT2D eigenvalue weighted by Crippen LogP contribution is 2.47. The highest BCUT2D eigenvalue weighted by Gasteiger charge is 2.40. The third-order valence-electron chi connectivity index (χ3n) is 12.8. The van der Waals surface area contributed by atoms with Crippen LogP contribution in [0.1, 0.15) is 75.7 Å². The van der Waals surface area contributed by atoms with Crippen molar-refractivity contribution in [2.45, 2.75) is 57.0 Å². The van der Waals surface area contributed by atoms with Gasteiger partial charge < -0.3 is 24.5 Å². The second-order valence-corrected chi connectivity index (χ2v) is 16.3. The maximum Gasteiger partial charge on any atom is 0.255 e. The molecule has 3 amide bonds. The molecule has 0 radical (unpaired) electrons. The van der Waals surface area contributed by atoms with Gasteiger partial charge in [-0.05, 0) is 90.8 Å². The first-order valence-electron chi connectivity index (χ1n) is 20.1. The lowest BCUT2D eigenvalue weighted by Crippen LogP contribution is -2.52. The van der Waals surface area contributed by atoms with Gasteiger partial charge in [0.05, 0.1) is 12.3 Å². The van der Waals surface area contributed by atoms with E-state index in [1.807, 2.05) is 18.2 Å². The van der Waals surface area contributed by atoms with Gasteiger partial charge >= 0.3 is 0 Å². The summed E-state index contributed by atoms with van der Waals surface area (Å²) in [6.07, 6.45) is 2.62. The molecule has 3 saturated heterocycles. The number of aromatic hydroxyl groups is 1. The van der Waals surface area contributed by atoms with Gasteiger partial charge in [-0.2, -0.15) is 0 Å². The summed E-state index contributed by atoms with van der Waals surface area (Å²) in [5.74, 6) is -0.444. The van der Waals surface area contributed by atoms with Crippen LogP contribution in [0.5, 0.6) is 11.5 Å². The number of halogens is 2. The number of amides is 3. The fraction of sp³-hybridized carbons (Fsp3) is 0.400. The van der Waals surface area contributed by atoms with E-state index < -0.39 is 17.8 Å². The summed E-state index contributed by atoms with van der Waals surface area (Å²) in [7, 11) is 0. The Morgan fingerprint density at radius 2 is 1.56 bits per heavy atom. The normalized spacial score (nSPS) is 23.0. The van der Waals surface area contributed by atoms with E-state index in [0.717, 1.165) is 62.3 Å². The Balaban J connectivity index is 0.797. The van der Waals surface area contributed by atoms with Crippen LogP contribution in [0.4, 0.5) is 20.2 Å². The molecular formula is C45H47F2N5O5. The lowest BCUT2D eigenvalue weighted by atomic mass is 9.75. The van der Waals surface area contributed by atoms with Crippen molar-refractivity contribution in [1.29, 1.82) is 0 Å². The quantitative estimate of drug-likeness (QED) is 0.218. The van der Waals surface area contributed by atoms with Crippen molar-refractivity contribution >= 4 is 29.1 Å². The zero-order chi connectivity index (χ0) is 39.4. The molecule has 4 aromatic carbocycles. The molecule has 0 aromatic heterocycles. The molecule has 5 heterocycles. The number of piperazine rings is 1. The molecule has 3 atom stereocenters. The average molecular weight is 776 g/mol. The van der Waals surface area contributed by atoms with E-state index in [0.29, 0.717) is 53.7 Å². The van der Waals surface area contributed by atoms with Crippen LogP contribution in [-0.2, 0) is 16.1 Å². The number of carbonyl (C=O) groups excluding carboxylic acids is 3. The molecule has 2 N–H and O–H groups in total. The number of piperidine rings is 2. The average Bonchev–Trinajstić information content (AvgIpc) is 3.53. The topological polar surface area (TPSA) is 106 Å². The number of aryl methyl sites for hydroxylation is 1. The van der Waals surface area contributed by atoms with Gasteiger partial charge in [-0.1, -0.05) is 30.3 Å². The van der Waals surface area contributed by atoms with Crippen molar-refractivity contribution in [3.05, 3.63) is 118 Å². The summed E-state index contributed by atoms with van der Waals surface area (Å²) in [6.45, 7) is 8.41. The van der Waals surface area contributed by atoms with E-state index in [9.17, 15) is 23.9 Å². The van der Waals surface area contributed by atoms with Gasteiger partial charge in [-0.25, -0.2) is 8.78 Å². The summed E-state index contributed by atoms with van der Waals surface area (Å²) in [6, 6.07) is 21.8. The number of ether oxygens (including phenoxy) is 1. The van der Waals surface area contributed by atoms with Crippen molar-refractivity contribution in [3.8, 4) is 11.5 Å². The van der Waals surface area contributed by atoms with Crippen molar-refractivity contribution in [2.24, 2.45) is 5.92 Å². The molecule has 0 aliphatic carbocycles. The zero-order valence-electron chi connectivity index (χ0n) is 32.1. The number of anilines is 2. The Morgan fingerprint density at radius 1 is 0.807 bits per heavy atom. The molecule has 2 unspecified atom stereocenters. The Morgan fingerprint density at radius 3 is 2.30 bits per heavy atom. The van der Waals surface area contributed by atoms with Crippen LogP contribution < -0.4 is 19.9 Å². The molecule has 5 aliphatic rings. The maximum atomic E-state index is 15.5. The minimum Gasteiger partial charge on any atom is -0.508 e. The van der Waals surface area contributed by atoms with Crippen molar-refractivity contribution in [2.75, 3.05) is 62.2 Å². The summed E-state index contributed by atoms with van der Waals surface area (Å²) in [5.41, 5.74) is 6.48. The highest BCUT2D eigenvalue weighted by atomic mass is 19.1.